The highest BCUT2D eigenvalue weighted by Gasteiger charge is 2.29. The lowest BCUT2D eigenvalue weighted by Gasteiger charge is -2.19. The third-order valence-corrected chi connectivity index (χ3v) is 11.2. The lowest BCUT2D eigenvalue weighted by atomic mass is 9.98. The second-order valence-corrected chi connectivity index (χ2v) is 16.5. The number of hydrogen-bond acceptors (Lipinski definition) is 13. The number of benzene rings is 2. The summed E-state index contributed by atoms with van der Waals surface area (Å²) in [5.41, 5.74) is 4.79. The van der Waals surface area contributed by atoms with E-state index in [0.29, 0.717) is 138 Å². The van der Waals surface area contributed by atoms with Gasteiger partial charge in [0.2, 0.25) is 0 Å². The molecule has 0 bridgehead atoms. The van der Waals surface area contributed by atoms with Crippen LogP contribution in [-0.4, -0.2) is 163 Å². The van der Waals surface area contributed by atoms with Gasteiger partial charge in [0.05, 0.1) is 119 Å². The highest BCUT2D eigenvalue weighted by atomic mass is 16.6. The summed E-state index contributed by atoms with van der Waals surface area (Å²) < 4.78 is 60.8. The van der Waals surface area contributed by atoms with E-state index in [4.69, 9.17) is 52.1 Å². The molecule has 2 aromatic rings. The normalized spacial score (nSPS) is 12.1. The van der Waals surface area contributed by atoms with E-state index in [1.165, 1.54) is 97.8 Å². The molecule has 0 unspecified atom stereocenters. The lowest BCUT2D eigenvalue weighted by Crippen LogP contribution is -2.32. The lowest BCUT2D eigenvalue weighted by molar-refractivity contribution is -0.145. The number of carbonyl (C=O) groups excluding carboxylic acids is 2. The molecule has 14 heteroatoms. The summed E-state index contributed by atoms with van der Waals surface area (Å²) >= 11 is 0. The summed E-state index contributed by atoms with van der Waals surface area (Å²) in [4.78, 5) is 26.1. The molecular weight excluding hydrogens is 847 g/mol. The zero-order valence-corrected chi connectivity index (χ0v) is 40.7. The van der Waals surface area contributed by atoms with Crippen LogP contribution in [-0.2, 0) is 56.9 Å². The first-order chi connectivity index (χ1) is 32.6. The van der Waals surface area contributed by atoms with Crippen LogP contribution in [0, 0.1) is 0 Å². The number of unbranched alkanes of at least 4 members (excludes halogenated alkanes) is 12. The van der Waals surface area contributed by atoms with E-state index in [1.807, 2.05) is 24.3 Å². The van der Waals surface area contributed by atoms with Crippen molar-refractivity contribution in [2.45, 2.75) is 103 Å². The van der Waals surface area contributed by atoms with Gasteiger partial charge >= 0.3 is 12.1 Å². The van der Waals surface area contributed by atoms with Crippen LogP contribution in [0.3, 0.4) is 0 Å². The number of fused-ring (bicyclic) bond motifs is 3. The van der Waals surface area contributed by atoms with Gasteiger partial charge in [-0.1, -0.05) is 133 Å². The molecule has 0 heterocycles. The second-order valence-electron chi connectivity index (χ2n) is 16.5. The smallest absolute Gasteiger partial charge is 0.409 e. The summed E-state index contributed by atoms with van der Waals surface area (Å²) in [5, 5.41) is 0. The van der Waals surface area contributed by atoms with E-state index >= 15 is 0 Å². The van der Waals surface area contributed by atoms with Gasteiger partial charge < -0.3 is 57.0 Å². The number of nitrogens with zero attached hydrogens (tertiary/aromatic N) is 1. The number of esters is 1. The molecule has 0 spiro atoms. The van der Waals surface area contributed by atoms with Crippen LogP contribution >= 0.6 is 0 Å². The SMILES string of the molecule is CCCCCCCCCCCCCCCC(=O)OCCOCCOCCOCCOCCOCCOCCOCCOCCOCCN(C)C(=O)OCC1c2ccccc2-c2ccccc21. The second kappa shape index (κ2) is 40.8. The summed E-state index contributed by atoms with van der Waals surface area (Å²) in [7, 11) is 1.71. The van der Waals surface area contributed by atoms with Crippen molar-refractivity contribution in [3.8, 4) is 11.1 Å². The molecule has 3 rings (SSSR count). The van der Waals surface area contributed by atoms with Crippen molar-refractivity contribution in [1.82, 2.24) is 4.90 Å². The average Bonchev–Trinajstić information content (AvgIpc) is 3.65. The maximum absolute atomic E-state index is 12.6. The van der Waals surface area contributed by atoms with E-state index < -0.39 is 0 Å². The molecule has 2 aromatic carbocycles. The maximum Gasteiger partial charge on any atom is 0.409 e. The molecule has 376 valence electrons. The third-order valence-electron chi connectivity index (χ3n) is 11.2. The predicted molar refractivity (Wildman–Crippen MR) is 256 cm³/mol. The zero-order chi connectivity index (χ0) is 46.8. The number of carbonyl (C=O) groups is 2. The van der Waals surface area contributed by atoms with Gasteiger partial charge in [0.25, 0.3) is 0 Å². The molecule has 0 N–H and O–H groups in total. The molecular formula is C52H85NO13. The molecule has 1 aliphatic carbocycles. The Morgan fingerprint density at radius 1 is 0.424 bits per heavy atom. The number of rotatable bonds is 46. The van der Waals surface area contributed by atoms with Crippen LogP contribution < -0.4 is 0 Å². The number of amides is 1. The van der Waals surface area contributed by atoms with Crippen LogP contribution in [0.4, 0.5) is 4.79 Å². The maximum atomic E-state index is 12.6. The van der Waals surface area contributed by atoms with Crippen LogP contribution in [0.2, 0.25) is 0 Å². The highest BCUT2D eigenvalue weighted by Crippen LogP contribution is 2.44. The minimum atomic E-state index is -0.366. The first-order valence-electron chi connectivity index (χ1n) is 25.0. The molecule has 0 saturated carbocycles. The Morgan fingerprint density at radius 2 is 0.758 bits per heavy atom. The summed E-state index contributed by atoms with van der Waals surface area (Å²) in [6.07, 6.45) is 16.9. The molecule has 1 amide bonds. The van der Waals surface area contributed by atoms with E-state index in [2.05, 4.69) is 31.2 Å². The van der Waals surface area contributed by atoms with Crippen molar-refractivity contribution in [1.29, 1.82) is 0 Å². The Bertz CT molecular complexity index is 1420. The van der Waals surface area contributed by atoms with Crippen LogP contribution in [0.25, 0.3) is 11.1 Å². The van der Waals surface area contributed by atoms with Gasteiger partial charge in [-0.05, 0) is 28.7 Å². The first kappa shape index (κ1) is 57.1. The Kier molecular flexibility index (Phi) is 35.4. The minimum absolute atomic E-state index is 0.0353. The first-order valence-corrected chi connectivity index (χ1v) is 25.0. The van der Waals surface area contributed by atoms with Crippen molar-refractivity contribution in [2.24, 2.45) is 0 Å². The van der Waals surface area contributed by atoms with Gasteiger partial charge in [0.15, 0.2) is 0 Å². The van der Waals surface area contributed by atoms with Crippen LogP contribution in [0.5, 0.6) is 0 Å². The molecule has 0 atom stereocenters. The monoisotopic (exact) mass is 932 g/mol. The van der Waals surface area contributed by atoms with Gasteiger partial charge in [-0.25, -0.2) is 4.79 Å². The highest BCUT2D eigenvalue weighted by molar-refractivity contribution is 5.79. The van der Waals surface area contributed by atoms with Crippen molar-refractivity contribution in [3.63, 3.8) is 0 Å². The Labute approximate surface area is 396 Å². The Morgan fingerprint density at radius 3 is 1.15 bits per heavy atom. The molecule has 0 saturated heterocycles. The van der Waals surface area contributed by atoms with E-state index in [9.17, 15) is 9.59 Å². The van der Waals surface area contributed by atoms with Gasteiger partial charge in [-0.15, -0.1) is 0 Å². The Hall–Kier alpha value is -3.18. The number of ether oxygens (including phenoxy) is 11. The van der Waals surface area contributed by atoms with Crippen molar-refractivity contribution < 1.29 is 61.7 Å². The fourth-order valence-corrected chi connectivity index (χ4v) is 7.43. The topological polar surface area (TPSA) is 139 Å². The van der Waals surface area contributed by atoms with Crippen molar-refractivity contribution >= 4 is 12.1 Å². The summed E-state index contributed by atoms with van der Waals surface area (Å²) in [6.45, 7) is 11.6. The van der Waals surface area contributed by atoms with Crippen LogP contribution in [0.1, 0.15) is 114 Å². The minimum Gasteiger partial charge on any atom is -0.463 e. The Balaban J connectivity index is 0.930. The van der Waals surface area contributed by atoms with E-state index in [1.54, 1.807) is 7.05 Å². The van der Waals surface area contributed by atoms with Gasteiger partial charge in [0.1, 0.15) is 13.2 Å². The van der Waals surface area contributed by atoms with Gasteiger partial charge in [-0.2, -0.15) is 0 Å². The van der Waals surface area contributed by atoms with Crippen molar-refractivity contribution in [3.05, 3.63) is 59.7 Å². The fourth-order valence-electron chi connectivity index (χ4n) is 7.43. The quantitative estimate of drug-likeness (QED) is 0.0461. The molecule has 0 fully saturated rings. The molecule has 0 aliphatic heterocycles. The third kappa shape index (κ3) is 28.2. The largest absolute Gasteiger partial charge is 0.463 e. The molecule has 66 heavy (non-hydrogen) atoms. The van der Waals surface area contributed by atoms with Gasteiger partial charge in [0, 0.05) is 25.9 Å². The zero-order valence-electron chi connectivity index (χ0n) is 40.7. The summed E-state index contributed by atoms with van der Waals surface area (Å²) in [6, 6.07) is 16.6. The van der Waals surface area contributed by atoms with Gasteiger partial charge in [-0.3, -0.25) is 4.79 Å². The van der Waals surface area contributed by atoms with Crippen molar-refractivity contribution in [2.75, 3.05) is 146 Å². The van der Waals surface area contributed by atoms with E-state index in [0.717, 1.165) is 12.8 Å². The standard InChI is InChI=1S/C52H85NO13/c1-3-4-5-6-7-8-9-10-11-12-13-14-15-24-51(54)65-44-43-64-42-41-63-40-39-62-38-37-61-36-35-60-34-33-59-32-31-58-30-29-57-28-27-56-26-25-53(2)52(55)66-45-50-48-22-18-16-20-46(48)47-21-17-19-23-49(47)50/h16-23,50H,3-15,24-45H2,1-2H3. The average molecular weight is 932 g/mol. The fraction of sp³-hybridized carbons (Fsp3) is 0.731. The molecule has 1 aliphatic rings. The number of hydrogen-bond donors (Lipinski definition) is 0. The van der Waals surface area contributed by atoms with E-state index in [-0.39, 0.29) is 24.6 Å². The molecule has 0 aromatic heterocycles. The molecule has 0 radical (unpaired) electrons. The number of likely N-dealkylation sites (N-methyl/N-ethyl adjacent to an activating group) is 1. The van der Waals surface area contributed by atoms with Crippen LogP contribution in [0.15, 0.2) is 48.5 Å². The molecule has 14 nitrogen and oxygen atoms in total. The summed E-state index contributed by atoms with van der Waals surface area (Å²) in [5.74, 6) is -0.101. The predicted octanol–water partition coefficient (Wildman–Crippen LogP) is 9.04.